The van der Waals surface area contributed by atoms with Crippen LogP contribution >= 0.6 is 0 Å². The Morgan fingerprint density at radius 2 is 2.16 bits per heavy atom. The van der Waals surface area contributed by atoms with E-state index in [1.165, 1.54) is 0 Å². The molecule has 1 aromatic carbocycles. The number of terminal acetylenes is 1. The zero-order valence-electron chi connectivity index (χ0n) is 13.8. The number of nitrogens with one attached hydrogen (secondary N) is 1. The Kier molecular flexibility index (Phi) is 4.27. The summed E-state index contributed by atoms with van der Waals surface area (Å²) in [6, 6.07) is 7.53. The number of ether oxygens (including phenoxy) is 1. The SMILES string of the molecule is C#CCn1c(=O)[nH]c2c(nc(C=Cc3cccc(OC)c3)n2C)c1=O. The van der Waals surface area contributed by atoms with E-state index in [0.717, 1.165) is 15.9 Å². The van der Waals surface area contributed by atoms with Gasteiger partial charge in [0, 0.05) is 7.05 Å². The van der Waals surface area contributed by atoms with Crippen molar-refractivity contribution in [3.8, 4) is 18.1 Å². The molecule has 0 spiro atoms. The van der Waals surface area contributed by atoms with Gasteiger partial charge in [0.2, 0.25) is 0 Å². The third-order valence-corrected chi connectivity index (χ3v) is 3.82. The van der Waals surface area contributed by atoms with Crippen LogP contribution in [0, 0.1) is 12.3 Å². The molecule has 0 aliphatic heterocycles. The maximum absolute atomic E-state index is 12.4. The molecule has 0 saturated heterocycles. The third-order valence-electron chi connectivity index (χ3n) is 3.82. The molecule has 0 aliphatic rings. The number of hydrogen-bond donors (Lipinski definition) is 1. The highest BCUT2D eigenvalue weighted by Gasteiger charge is 2.13. The number of aryl methyl sites for hydroxylation is 1. The van der Waals surface area contributed by atoms with Gasteiger partial charge in [0.25, 0.3) is 5.56 Å². The number of fused-ring (bicyclic) bond motifs is 1. The highest BCUT2D eigenvalue weighted by atomic mass is 16.5. The predicted molar refractivity (Wildman–Crippen MR) is 96.3 cm³/mol. The molecular formula is C18H16N4O3. The lowest BCUT2D eigenvalue weighted by Crippen LogP contribution is -2.35. The maximum atomic E-state index is 12.4. The Bertz CT molecular complexity index is 1130. The second kappa shape index (κ2) is 6.53. The Hall–Kier alpha value is -3.53. The monoisotopic (exact) mass is 336 g/mol. The van der Waals surface area contributed by atoms with E-state index in [4.69, 9.17) is 11.2 Å². The Morgan fingerprint density at radius 1 is 1.36 bits per heavy atom. The molecule has 0 unspecified atom stereocenters. The number of benzene rings is 1. The molecule has 2 heterocycles. The quantitative estimate of drug-likeness (QED) is 0.727. The molecule has 7 heteroatoms. The van der Waals surface area contributed by atoms with Crippen LogP contribution in [-0.2, 0) is 13.6 Å². The van der Waals surface area contributed by atoms with Gasteiger partial charge in [-0.2, -0.15) is 0 Å². The highest BCUT2D eigenvalue weighted by molar-refractivity contribution is 5.76. The van der Waals surface area contributed by atoms with Crippen molar-refractivity contribution >= 4 is 23.3 Å². The number of aromatic nitrogens is 4. The van der Waals surface area contributed by atoms with Crippen LogP contribution in [0.4, 0.5) is 0 Å². The highest BCUT2D eigenvalue weighted by Crippen LogP contribution is 2.16. The van der Waals surface area contributed by atoms with E-state index in [2.05, 4.69) is 15.9 Å². The minimum Gasteiger partial charge on any atom is -0.497 e. The van der Waals surface area contributed by atoms with Crippen molar-refractivity contribution < 1.29 is 4.74 Å². The lowest BCUT2D eigenvalue weighted by atomic mass is 10.2. The van der Waals surface area contributed by atoms with Crippen LogP contribution in [0.15, 0.2) is 33.9 Å². The van der Waals surface area contributed by atoms with Crippen molar-refractivity contribution in [3.05, 3.63) is 56.5 Å². The van der Waals surface area contributed by atoms with Crippen molar-refractivity contribution in [2.75, 3.05) is 7.11 Å². The Labute approximate surface area is 143 Å². The van der Waals surface area contributed by atoms with Crippen LogP contribution in [0.5, 0.6) is 5.75 Å². The molecule has 0 bridgehead atoms. The van der Waals surface area contributed by atoms with Gasteiger partial charge in [-0.05, 0) is 23.8 Å². The van der Waals surface area contributed by atoms with Crippen LogP contribution in [0.1, 0.15) is 11.4 Å². The van der Waals surface area contributed by atoms with Crippen molar-refractivity contribution in [2.24, 2.45) is 7.05 Å². The Balaban J connectivity index is 2.09. The first-order valence-electron chi connectivity index (χ1n) is 7.50. The number of hydrogen-bond acceptors (Lipinski definition) is 4. The van der Waals surface area contributed by atoms with Crippen molar-refractivity contribution in [1.29, 1.82) is 0 Å². The van der Waals surface area contributed by atoms with Gasteiger partial charge in [-0.25, -0.2) is 14.3 Å². The molecular weight excluding hydrogens is 320 g/mol. The number of methoxy groups -OCH3 is 1. The summed E-state index contributed by atoms with van der Waals surface area (Å²) >= 11 is 0. The van der Waals surface area contributed by atoms with E-state index in [-0.39, 0.29) is 12.1 Å². The average Bonchev–Trinajstić information content (AvgIpc) is 2.93. The van der Waals surface area contributed by atoms with Gasteiger partial charge >= 0.3 is 5.69 Å². The molecule has 0 radical (unpaired) electrons. The molecule has 0 fully saturated rings. The molecule has 25 heavy (non-hydrogen) atoms. The normalized spacial score (nSPS) is 11.1. The molecule has 3 aromatic rings. The molecule has 0 saturated carbocycles. The van der Waals surface area contributed by atoms with E-state index in [0.29, 0.717) is 11.5 Å². The molecule has 7 nitrogen and oxygen atoms in total. The lowest BCUT2D eigenvalue weighted by molar-refractivity contribution is 0.414. The molecule has 2 aromatic heterocycles. The number of aromatic amines is 1. The van der Waals surface area contributed by atoms with E-state index in [1.54, 1.807) is 24.8 Å². The predicted octanol–water partition coefficient (Wildman–Crippen LogP) is 1.24. The minimum atomic E-state index is -0.554. The van der Waals surface area contributed by atoms with Gasteiger partial charge in [0.05, 0.1) is 13.7 Å². The third kappa shape index (κ3) is 2.97. The van der Waals surface area contributed by atoms with E-state index in [1.807, 2.05) is 30.3 Å². The fraction of sp³-hybridized carbons (Fsp3) is 0.167. The van der Waals surface area contributed by atoms with Crippen molar-refractivity contribution in [3.63, 3.8) is 0 Å². The molecule has 0 aliphatic carbocycles. The summed E-state index contributed by atoms with van der Waals surface area (Å²) in [7, 11) is 3.33. The summed E-state index contributed by atoms with van der Waals surface area (Å²) in [6.07, 6.45) is 8.81. The van der Waals surface area contributed by atoms with Gasteiger partial charge in [0.1, 0.15) is 17.2 Å². The molecule has 1 N–H and O–H groups in total. The molecule has 126 valence electrons. The first kappa shape index (κ1) is 16.3. The number of nitrogens with zero attached hydrogens (tertiary/aromatic N) is 3. The summed E-state index contributed by atoms with van der Waals surface area (Å²) in [5.74, 6) is 3.57. The standard InChI is InChI=1S/C18H16N4O3/c1-4-10-22-17(23)15-16(20-18(22)24)21(2)14(19-15)9-8-12-6-5-7-13(11-12)25-3/h1,5-9,11H,10H2,2-3H3,(H,20,24). The first-order valence-corrected chi connectivity index (χ1v) is 7.50. The summed E-state index contributed by atoms with van der Waals surface area (Å²) in [4.78, 5) is 31.4. The zero-order chi connectivity index (χ0) is 18.0. The van der Waals surface area contributed by atoms with E-state index >= 15 is 0 Å². The summed E-state index contributed by atoms with van der Waals surface area (Å²) < 4.78 is 7.79. The fourth-order valence-electron chi connectivity index (χ4n) is 2.50. The number of imidazole rings is 1. The molecule has 0 atom stereocenters. The second-order valence-corrected chi connectivity index (χ2v) is 5.36. The number of H-pyrrole nitrogens is 1. The van der Waals surface area contributed by atoms with Gasteiger partial charge in [-0.15, -0.1) is 6.42 Å². The van der Waals surface area contributed by atoms with Gasteiger partial charge in [-0.1, -0.05) is 24.1 Å². The van der Waals surface area contributed by atoms with E-state index < -0.39 is 11.2 Å². The van der Waals surface area contributed by atoms with Crippen LogP contribution in [-0.4, -0.2) is 26.2 Å². The zero-order valence-corrected chi connectivity index (χ0v) is 13.8. The average molecular weight is 336 g/mol. The summed E-state index contributed by atoms with van der Waals surface area (Å²) in [5.41, 5.74) is 0.385. The topological polar surface area (TPSA) is 81.9 Å². The van der Waals surface area contributed by atoms with Crippen LogP contribution < -0.4 is 16.0 Å². The van der Waals surface area contributed by atoms with E-state index in [9.17, 15) is 9.59 Å². The fourth-order valence-corrected chi connectivity index (χ4v) is 2.50. The largest absolute Gasteiger partial charge is 0.497 e. The minimum absolute atomic E-state index is 0.102. The Morgan fingerprint density at radius 3 is 2.88 bits per heavy atom. The van der Waals surface area contributed by atoms with Crippen LogP contribution in [0.25, 0.3) is 23.3 Å². The molecule has 3 rings (SSSR count). The van der Waals surface area contributed by atoms with Crippen LogP contribution in [0.2, 0.25) is 0 Å². The lowest BCUT2D eigenvalue weighted by Gasteiger charge is -2.01. The smallest absolute Gasteiger partial charge is 0.330 e. The summed E-state index contributed by atoms with van der Waals surface area (Å²) in [5, 5.41) is 0. The van der Waals surface area contributed by atoms with Gasteiger partial charge in [0.15, 0.2) is 5.52 Å². The first-order chi connectivity index (χ1) is 12.0. The van der Waals surface area contributed by atoms with Crippen molar-refractivity contribution in [1.82, 2.24) is 19.1 Å². The number of rotatable bonds is 4. The van der Waals surface area contributed by atoms with Crippen molar-refractivity contribution in [2.45, 2.75) is 6.54 Å². The van der Waals surface area contributed by atoms with Gasteiger partial charge in [-0.3, -0.25) is 9.78 Å². The summed E-state index contributed by atoms with van der Waals surface area (Å²) in [6.45, 7) is -0.102. The second-order valence-electron chi connectivity index (χ2n) is 5.36. The molecule has 0 amide bonds. The van der Waals surface area contributed by atoms with Crippen LogP contribution in [0.3, 0.4) is 0 Å². The maximum Gasteiger partial charge on any atom is 0.330 e. The van der Waals surface area contributed by atoms with Gasteiger partial charge < -0.3 is 9.30 Å².